The van der Waals surface area contributed by atoms with Crippen LogP contribution in [0, 0.1) is 6.92 Å². The van der Waals surface area contributed by atoms with E-state index in [0.29, 0.717) is 30.3 Å². The van der Waals surface area contributed by atoms with E-state index in [2.05, 4.69) is 0 Å². The third-order valence-electron chi connectivity index (χ3n) is 3.46. The standard InChI is InChI=1S/C18H24O8/c1-13-10-18(21)26-15-12-17(25-9-7-23-5-3-20)16(11-14(13)15)24-8-6-22-4-2-19/h10-12,19-20H,2-9H2,1H3. The second-order valence-electron chi connectivity index (χ2n) is 5.41. The third-order valence-corrected chi connectivity index (χ3v) is 3.46. The number of hydrogen-bond donors (Lipinski definition) is 2. The van der Waals surface area contributed by atoms with Crippen LogP contribution in [0.25, 0.3) is 11.0 Å². The van der Waals surface area contributed by atoms with Gasteiger partial charge >= 0.3 is 5.63 Å². The minimum atomic E-state index is -0.432. The van der Waals surface area contributed by atoms with Crippen molar-refractivity contribution < 1.29 is 33.6 Å². The van der Waals surface area contributed by atoms with E-state index in [4.69, 9.17) is 33.6 Å². The zero-order valence-electron chi connectivity index (χ0n) is 14.7. The quantitative estimate of drug-likeness (QED) is 0.420. The summed E-state index contributed by atoms with van der Waals surface area (Å²) in [6, 6.07) is 4.78. The van der Waals surface area contributed by atoms with Crippen LogP contribution in [-0.2, 0) is 9.47 Å². The monoisotopic (exact) mass is 368 g/mol. The summed E-state index contributed by atoms with van der Waals surface area (Å²) in [6.45, 7) is 3.35. The van der Waals surface area contributed by atoms with Gasteiger partial charge in [0.05, 0.1) is 39.6 Å². The minimum absolute atomic E-state index is 0.0452. The molecule has 0 spiro atoms. The Morgan fingerprint density at radius 2 is 1.42 bits per heavy atom. The SMILES string of the molecule is Cc1cc(=O)oc2cc(OCCOCCO)c(OCCOCCO)cc12. The highest BCUT2D eigenvalue weighted by Crippen LogP contribution is 2.33. The predicted molar refractivity (Wildman–Crippen MR) is 94.0 cm³/mol. The normalized spacial score (nSPS) is 11.0. The van der Waals surface area contributed by atoms with Gasteiger partial charge in [-0.1, -0.05) is 0 Å². The zero-order valence-corrected chi connectivity index (χ0v) is 14.7. The largest absolute Gasteiger partial charge is 0.487 e. The molecule has 0 fully saturated rings. The maximum Gasteiger partial charge on any atom is 0.336 e. The minimum Gasteiger partial charge on any atom is -0.487 e. The average Bonchev–Trinajstić information content (AvgIpc) is 2.61. The third kappa shape index (κ3) is 5.99. The molecule has 2 rings (SSSR count). The van der Waals surface area contributed by atoms with Crippen LogP contribution in [0.3, 0.4) is 0 Å². The summed E-state index contributed by atoms with van der Waals surface area (Å²) in [7, 11) is 0. The Kier molecular flexibility index (Phi) is 8.36. The first-order valence-electron chi connectivity index (χ1n) is 8.37. The van der Waals surface area contributed by atoms with Gasteiger partial charge in [0.25, 0.3) is 0 Å². The summed E-state index contributed by atoms with van der Waals surface area (Å²) in [6.07, 6.45) is 0. The molecule has 1 aromatic heterocycles. The van der Waals surface area contributed by atoms with Gasteiger partial charge in [0.1, 0.15) is 18.8 Å². The smallest absolute Gasteiger partial charge is 0.336 e. The molecule has 0 unspecified atom stereocenters. The molecule has 0 saturated heterocycles. The highest BCUT2D eigenvalue weighted by molar-refractivity contribution is 5.83. The molecule has 0 aliphatic rings. The van der Waals surface area contributed by atoms with Crippen LogP contribution in [-0.4, -0.2) is 63.1 Å². The molecule has 2 N–H and O–H groups in total. The van der Waals surface area contributed by atoms with Crippen molar-refractivity contribution in [3.63, 3.8) is 0 Å². The van der Waals surface area contributed by atoms with E-state index in [1.165, 1.54) is 6.07 Å². The molecule has 1 heterocycles. The molecule has 0 aliphatic carbocycles. The maximum atomic E-state index is 11.6. The number of rotatable bonds is 12. The lowest BCUT2D eigenvalue weighted by atomic mass is 10.1. The van der Waals surface area contributed by atoms with E-state index in [-0.39, 0.29) is 39.6 Å². The van der Waals surface area contributed by atoms with E-state index in [1.807, 2.05) is 6.92 Å². The van der Waals surface area contributed by atoms with Crippen LogP contribution in [0.1, 0.15) is 5.56 Å². The van der Waals surface area contributed by atoms with E-state index < -0.39 is 5.63 Å². The summed E-state index contributed by atoms with van der Waals surface area (Å²) in [5.41, 5.74) is 0.749. The summed E-state index contributed by atoms with van der Waals surface area (Å²) in [5, 5.41) is 18.2. The van der Waals surface area contributed by atoms with E-state index in [9.17, 15) is 4.79 Å². The second kappa shape index (κ2) is 10.8. The molecular formula is C18H24O8. The van der Waals surface area contributed by atoms with Crippen molar-refractivity contribution in [2.24, 2.45) is 0 Å². The fraction of sp³-hybridized carbons (Fsp3) is 0.500. The molecule has 144 valence electrons. The molecule has 1 aromatic carbocycles. The molecule has 26 heavy (non-hydrogen) atoms. The van der Waals surface area contributed by atoms with Gasteiger partial charge < -0.3 is 33.6 Å². The van der Waals surface area contributed by atoms with Gasteiger partial charge in [-0.15, -0.1) is 0 Å². The van der Waals surface area contributed by atoms with E-state index in [0.717, 1.165) is 10.9 Å². The predicted octanol–water partition coefficient (Wildman–Crippen LogP) is 0.877. The van der Waals surface area contributed by atoms with Gasteiger partial charge in [-0.05, 0) is 18.6 Å². The van der Waals surface area contributed by atoms with E-state index in [1.54, 1.807) is 12.1 Å². The van der Waals surface area contributed by atoms with Crippen molar-refractivity contribution in [3.8, 4) is 11.5 Å². The first kappa shape index (κ1) is 20.2. The molecule has 0 saturated carbocycles. The van der Waals surface area contributed by atoms with Crippen molar-refractivity contribution in [2.45, 2.75) is 6.92 Å². The van der Waals surface area contributed by atoms with Gasteiger partial charge in [-0.25, -0.2) is 4.79 Å². The summed E-state index contributed by atoms with van der Waals surface area (Å²) < 4.78 is 27.0. The molecule has 0 amide bonds. The van der Waals surface area contributed by atoms with Crippen molar-refractivity contribution in [2.75, 3.05) is 52.9 Å². The van der Waals surface area contributed by atoms with Crippen LogP contribution in [0.5, 0.6) is 11.5 Å². The van der Waals surface area contributed by atoms with Crippen LogP contribution < -0.4 is 15.1 Å². The molecule has 0 radical (unpaired) electrons. The molecular weight excluding hydrogens is 344 g/mol. The zero-order chi connectivity index (χ0) is 18.8. The Labute approximate surface area is 150 Å². The maximum absolute atomic E-state index is 11.6. The van der Waals surface area contributed by atoms with Crippen LogP contribution >= 0.6 is 0 Å². The van der Waals surface area contributed by atoms with Crippen molar-refractivity contribution in [3.05, 3.63) is 34.2 Å². The van der Waals surface area contributed by atoms with Gasteiger partial charge in [-0.2, -0.15) is 0 Å². The van der Waals surface area contributed by atoms with Crippen molar-refractivity contribution >= 4 is 11.0 Å². The first-order valence-corrected chi connectivity index (χ1v) is 8.37. The lowest BCUT2D eigenvalue weighted by molar-refractivity contribution is 0.0645. The number of aliphatic hydroxyl groups excluding tert-OH is 2. The Balaban J connectivity index is 2.14. The van der Waals surface area contributed by atoms with Crippen molar-refractivity contribution in [1.29, 1.82) is 0 Å². The van der Waals surface area contributed by atoms with Gasteiger partial charge in [-0.3, -0.25) is 0 Å². The molecule has 0 bridgehead atoms. The Morgan fingerprint density at radius 3 is 2.00 bits per heavy atom. The average molecular weight is 368 g/mol. The van der Waals surface area contributed by atoms with Crippen LogP contribution in [0.4, 0.5) is 0 Å². The van der Waals surface area contributed by atoms with Crippen LogP contribution in [0.2, 0.25) is 0 Å². The fourth-order valence-electron chi connectivity index (χ4n) is 2.31. The number of aryl methyl sites for hydroxylation is 1. The Bertz CT molecular complexity index is 740. The molecule has 8 nitrogen and oxygen atoms in total. The molecule has 0 aliphatic heterocycles. The second-order valence-corrected chi connectivity index (χ2v) is 5.41. The highest BCUT2D eigenvalue weighted by Gasteiger charge is 2.12. The lowest BCUT2D eigenvalue weighted by Gasteiger charge is -2.14. The summed E-state index contributed by atoms with van der Waals surface area (Å²) in [4.78, 5) is 11.6. The lowest BCUT2D eigenvalue weighted by Crippen LogP contribution is -2.12. The van der Waals surface area contributed by atoms with Gasteiger partial charge in [0, 0.05) is 17.5 Å². The Hall–Kier alpha value is -2.13. The topological polar surface area (TPSA) is 108 Å². The number of benzene rings is 1. The first-order chi connectivity index (χ1) is 12.7. The van der Waals surface area contributed by atoms with Crippen molar-refractivity contribution in [1.82, 2.24) is 0 Å². The summed E-state index contributed by atoms with van der Waals surface area (Å²) >= 11 is 0. The van der Waals surface area contributed by atoms with Gasteiger partial charge in [0.15, 0.2) is 11.5 Å². The number of ether oxygens (including phenoxy) is 4. The number of aliphatic hydroxyl groups is 2. The molecule has 0 atom stereocenters. The van der Waals surface area contributed by atoms with E-state index >= 15 is 0 Å². The number of hydrogen-bond acceptors (Lipinski definition) is 8. The molecule has 2 aromatic rings. The summed E-state index contributed by atoms with van der Waals surface area (Å²) in [5.74, 6) is 0.908. The fourth-order valence-corrected chi connectivity index (χ4v) is 2.31. The molecule has 8 heteroatoms. The Morgan fingerprint density at radius 1 is 0.846 bits per heavy atom. The number of fused-ring (bicyclic) bond motifs is 1. The van der Waals surface area contributed by atoms with Crippen LogP contribution in [0.15, 0.2) is 27.4 Å². The van der Waals surface area contributed by atoms with Gasteiger partial charge in [0.2, 0.25) is 0 Å². The highest BCUT2D eigenvalue weighted by atomic mass is 16.6.